The normalized spacial score (nSPS) is 12.0. The van der Waals surface area contributed by atoms with E-state index >= 15 is 0 Å². The minimum atomic E-state index is 0.304. The first kappa shape index (κ1) is 15.2. The van der Waals surface area contributed by atoms with Crippen LogP contribution in [0.1, 0.15) is 12.5 Å². The first-order valence-corrected chi connectivity index (χ1v) is 7.60. The number of ether oxygens (including phenoxy) is 1. The zero-order valence-corrected chi connectivity index (χ0v) is 13.8. The molecule has 0 aliphatic carbocycles. The molecule has 20 heavy (non-hydrogen) atoms. The number of nitrogens with one attached hydrogen (secondary N) is 1. The van der Waals surface area contributed by atoms with Crippen LogP contribution in [0.25, 0.3) is 0 Å². The van der Waals surface area contributed by atoms with Gasteiger partial charge in [0, 0.05) is 15.5 Å². The molecule has 0 amide bonds. The molecule has 0 heterocycles. The van der Waals surface area contributed by atoms with Crippen molar-refractivity contribution in [1.29, 1.82) is 0 Å². The summed E-state index contributed by atoms with van der Waals surface area (Å²) < 4.78 is 6.18. The fraction of sp³-hybridized carbons (Fsp3) is 0.250. The molecule has 0 aliphatic rings. The molecule has 0 saturated heterocycles. The lowest BCUT2D eigenvalue weighted by atomic mass is 10.1. The molecule has 0 fully saturated rings. The van der Waals surface area contributed by atoms with Gasteiger partial charge in [0.15, 0.2) is 0 Å². The van der Waals surface area contributed by atoms with Crippen molar-refractivity contribution in [3.05, 3.63) is 57.5 Å². The second-order valence-electron chi connectivity index (χ2n) is 4.72. The van der Waals surface area contributed by atoms with Crippen molar-refractivity contribution in [1.82, 2.24) is 0 Å². The van der Waals surface area contributed by atoms with Gasteiger partial charge in [0.05, 0.1) is 12.8 Å². The highest BCUT2D eigenvalue weighted by Gasteiger charge is 2.07. The van der Waals surface area contributed by atoms with Crippen LogP contribution in [0.4, 0.5) is 5.69 Å². The SMILES string of the molecule is COc1ccc(CC(C)Nc2cc(Cl)ccc2Br)cc1. The molecule has 1 atom stereocenters. The van der Waals surface area contributed by atoms with E-state index in [1.807, 2.05) is 30.3 Å². The van der Waals surface area contributed by atoms with E-state index in [4.69, 9.17) is 16.3 Å². The van der Waals surface area contributed by atoms with Crippen LogP contribution in [0.2, 0.25) is 5.02 Å². The Balaban J connectivity index is 2.00. The van der Waals surface area contributed by atoms with Crippen LogP contribution in [0, 0.1) is 0 Å². The summed E-state index contributed by atoms with van der Waals surface area (Å²) in [5.74, 6) is 0.881. The highest BCUT2D eigenvalue weighted by Crippen LogP contribution is 2.27. The van der Waals surface area contributed by atoms with Crippen LogP contribution in [0.3, 0.4) is 0 Å². The van der Waals surface area contributed by atoms with E-state index in [2.05, 4.69) is 40.3 Å². The van der Waals surface area contributed by atoms with Crippen LogP contribution in [0.5, 0.6) is 5.75 Å². The van der Waals surface area contributed by atoms with Gasteiger partial charge in [-0.1, -0.05) is 23.7 Å². The summed E-state index contributed by atoms with van der Waals surface area (Å²) >= 11 is 9.54. The Morgan fingerprint density at radius 3 is 2.55 bits per heavy atom. The molecular formula is C16H17BrClNO. The minimum absolute atomic E-state index is 0.304. The molecule has 2 aromatic rings. The van der Waals surface area contributed by atoms with E-state index in [0.717, 1.165) is 27.4 Å². The van der Waals surface area contributed by atoms with Gasteiger partial charge in [0.25, 0.3) is 0 Å². The lowest BCUT2D eigenvalue weighted by molar-refractivity contribution is 0.414. The van der Waals surface area contributed by atoms with Gasteiger partial charge < -0.3 is 10.1 Å². The number of anilines is 1. The molecule has 4 heteroatoms. The van der Waals surface area contributed by atoms with Crippen molar-refractivity contribution in [3.8, 4) is 5.75 Å². The van der Waals surface area contributed by atoms with Crippen molar-refractivity contribution in [3.63, 3.8) is 0 Å². The van der Waals surface area contributed by atoms with Crippen LogP contribution >= 0.6 is 27.5 Å². The van der Waals surface area contributed by atoms with E-state index < -0.39 is 0 Å². The number of methoxy groups -OCH3 is 1. The Bertz CT molecular complexity index is 571. The molecule has 0 aliphatic heterocycles. The quantitative estimate of drug-likeness (QED) is 0.801. The van der Waals surface area contributed by atoms with Crippen molar-refractivity contribution in [2.45, 2.75) is 19.4 Å². The molecule has 0 bridgehead atoms. The van der Waals surface area contributed by atoms with Crippen molar-refractivity contribution in [2.24, 2.45) is 0 Å². The standard InChI is InChI=1S/C16H17BrClNO/c1-11(9-12-3-6-14(20-2)7-4-12)19-16-10-13(18)5-8-15(16)17/h3-8,10-11,19H,9H2,1-2H3. The van der Waals surface area contributed by atoms with Crippen LogP contribution in [-0.4, -0.2) is 13.2 Å². The van der Waals surface area contributed by atoms with Gasteiger partial charge in [-0.25, -0.2) is 0 Å². The van der Waals surface area contributed by atoms with Crippen molar-refractivity contribution >= 4 is 33.2 Å². The summed E-state index contributed by atoms with van der Waals surface area (Å²) in [7, 11) is 1.68. The van der Waals surface area contributed by atoms with E-state index in [9.17, 15) is 0 Å². The molecule has 2 rings (SSSR count). The molecule has 0 spiro atoms. The third kappa shape index (κ3) is 4.15. The molecule has 0 aromatic heterocycles. The lowest BCUT2D eigenvalue weighted by Gasteiger charge is -2.17. The predicted molar refractivity (Wildman–Crippen MR) is 88.9 cm³/mol. The lowest BCUT2D eigenvalue weighted by Crippen LogP contribution is -2.18. The Morgan fingerprint density at radius 2 is 1.90 bits per heavy atom. The van der Waals surface area contributed by atoms with Gasteiger partial charge >= 0.3 is 0 Å². The predicted octanol–water partition coefficient (Wildman–Crippen LogP) is 5.15. The smallest absolute Gasteiger partial charge is 0.118 e. The first-order valence-electron chi connectivity index (χ1n) is 6.43. The largest absolute Gasteiger partial charge is 0.497 e. The topological polar surface area (TPSA) is 21.3 Å². The maximum Gasteiger partial charge on any atom is 0.118 e. The maximum atomic E-state index is 6.02. The van der Waals surface area contributed by atoms with E-state index in [-0.39, 0.29) is 0 Å². The van der Waals surface area contributed by atoms with E-state index in [0.29, 0.717) is 6.04 Å². The first-order chi connectivity index (χ1) is 9.58. The fourth-order valence-corrected chi connectivity index (χ4v) is 2.57. The molecule has 1 N–H and O–H groups in total. The van der Waals surface area contributed by atoms with Gasteiger partial charge in [0.2, 0.25) is 0 Å². The number of rotatable bonds is 5. The highest BCUT2D eigenvalue weighted by molar-refractivity contribution is 9.10. The zero-order chi connectivity index (χ0) is 14.5. The van der Waals surface area contributed by atoms with Crippen molar-refractivity contribution in [2.75, 3.05) is 12.4 Å². The minimum Gasteiger partial charge on any atom is -0.497 e. The summed E-state index contributed by atoms with van der Waals surface area (Å²) in [6.07, 6.45) is 0.933. The van der Waals surface area contributed by atoms with Gasteiger partial charge in [-0.05, 0) is 65.2 Å². The van der Waals surface area contributed by atoms with Crippen molar-refractivity contribution < 1.29 is 4.74 Å². The summed E-state index contributed by atoms with van der Waals surface area (Å²) in [6, 6.07) is 14.2. The Kier molecular flexibility index (Phi) is 5.32. The summed E-state index contributed by atoms with van der Waals surface area (Å²) in [5.41, 5.74) is 2.28. The second-order valence-corrected chi connectivity index (χ2v) is 6.01. The third-order valence-corrected chi connectivity index (χ3v) is 3.96. The van der Waals surface area contributed by atoms with Gasteiger partial charge in [-0.15, -0.1) is 0 Å². The Labute approximate surface area is 133 Å². The number of hydrogen-bond donors (Lipinski definition) is 1. The van der Waals surface area contributed by atoms with E-state index in [1.165, 1.54) is 5.56 Å². The fourth-order valence-electron chi connectivity index (χ4n) is 2.04. The molecule has 2 nitrogen and oxygen atoms in total. The molecular weight excluding hydrogens is 338 g/mol. The zero-order valence-electron chi connectivity index (χ0n) is 11.5. The van der Waals surface area contributed by atoms with Crippen LogP contribution < -0.4 is 10.1 Å². The Morgan fingerprint density at radius 1 is 1.20 bits per heavy atom. The number of halogens is 2. The summed E-state index contributed by atoms with van der Waals surface area (Å²) in [6.45, 7) is 2.15. The van der Waals surface area contributed by atoms with E-state index in [1.54, 1.807) is 7.11 Å². The third-order valence-electron chi connectivity index (χ3n) is 3.03. The van der Waals surface area contributed by atoms with Crippen LogP contribution in [0.15, 0.2) is 46.9 Å². The molecule has 1 unspecified atom stereocenters. The number of benzene rings is 2. The molecule has 2 aromatic carbocycles. The highest BCUT2D eigenvalue weighted by atomic mass is 79.9. The van der Waals surface area contributed by atoms with Gasteiger partial charge in [0.1, 0.15) is 5.75 Å². The van der Waals surface area contributed by atoms with Crippen LogP contribution in [-0.2, 0) is 6.42 Å². The average Bonchev–Trinajstić information content (AvgIpc) is 2.43. The van der Waals surface area contributed by atoms with Gasteiger partial charge in [-0.2, -0.15) is 0 Å². The maximum absolute atomic E-state index is 6.02. The number of hydrogen-bond acceptors (Lipinski definition) is 2. The molecule has 106 valence electrons. The van der Waals surface area contributed by atoms with Gasteiger partial charge in [-0.3, -0.25) is 0 Å². The monoisotopic (exact) mass is 353 g/mol. The average molecular weight is 355 g/mol. The summed E-state index contributed by atoms with van der Waals surface area (Å²) in [4.78, 5) is 0. The Hall–Kier alpha value is -1.19. The summed E-state index contributed by atoms with van der Waals surface area (Å²) in [5, 5.41) is 4.19. The second kappa shape index (κ2) is 7.00. The molecule has 0 radical (unpaired) electrons. The molecule has 0 saturated carbocycles.